The molecule has 1 unspecified atom stereocenters. The van der Waals surface area contributed by atoms with E-state index in [-0.39, 0.29) is 11.8 Å². The lowest BCUT2D eigenvalue weighted by Crippen LogP contribution is -2.51. The van der Waals surface area contributed by atoms with Crippen LogP contribution in [0.3, 0.4) is 0 Å². The van der Waals surface area contributed by atoms with Crippen LogP contribution in [0.1, 0.15) is 25.3 Å². The number of nitrogens with zero attached hydrogens (tertiary/aromatic N) is 1. The minimum Gasteiger partial charge on any atom is -0.337 e. The normalized spacial score (nSPS) is 18.1. The summed E-state index contributed by atoms with van der Waals surface area (Å²) in [5, 5.41) is 2.68. The highest BCUT2D eigenvalue weighted by Gasteiger charge is 2.29. The van der Waals surface area contributed by atoms with E-state index in [2.05, 4.69) is 17.2 Å². The third-order valence-electron chi connectivity index (χ3n) is 3.29. The predicted octanol–water partition coefficient (Wildman–Crippen LogP) is 1.32. The number of likely N-dealkylation sites (tertiary alicyclic amines) is 1. The number of hydrogen-bond acceptors (Lipinski definition) is 2. The van der Waals surface area contributed by atoms with Crippen molar-refractivity contribution in [2.75, 3.05) is 6.54 Å². The molecule has 4 heteroatoms. The van der Waals surface area contributed by atoms with Gasteiger partial charge >= 0.3 is 0 Å². The zero-order valence-corrected chi connectivity index (χ0v) is 11.6. The molecule has 1 aromatic carbocycles. The van der Waals surface area contributed by atoms with Crippen LogP contribution < -0.4 is 5.32 Å². The van der Waals surface area contributed by atoms with Crippen molar-refractivity contribution < 1.29 is 9.59 Å². The second-order valence-corrected chi connectivity index (χ2v) is 4.79. The van der Waals surface area contributed by atoms with Crippen molar-refractivity contribution in [2.24, 2.45) is 0 Å². The Morgan fingerprint density at radius 1 is 1.40 bits per heavy atom. The number of hydrogen-bond donors (Lipinski definition) is 1. The Balaban J connectivity index is 1.99. The molecule has 1 aliphatic heterocycles. The summed E-state index contributed by atoms with van der Waals surface area (Å²) in [6.07, 6.45) is 1.57. The maximum atomic E-state index is 12.3. The number of nitrogens with one attached hydrogen (secondary N) is 1. The van der Waals surface area contributed by atoms with Gasteiger partial charge in [-0.1, -0.05) is 36.3 Å². The number of rotatable bonds is 3. The fourth-order valence-corrected chi connectivity index (χ4v) is 2.34. The summed E-state index contributed by atoms with van der Waals surface area (Å²) in [6, 6.07) is 9.42. The number of carbonyl (C=O) groups excluding carboxylic acids is 2. The average Bonchev–Trinajstić information content (AvgIpc) is 2.45. The fraction of sp³-hybridized carbons (Fsp3) is 0.375. The van der Waals surface area contributed by atoms with Crippen LogP contribution in [0.2, 0.25) is 0 Å². The van der Waals surface area contributed by atoms with E-state index in [1.807, 2.05) is 30.3 Å². The number of piperidine rings is 1. The molecule has 0 radical (unpaired) electrons. The lowest BCUT2D eigenvalue weighted by molar-refractivity contribution is -0.138. The van der Waals surface area contributed by atoms with Gasteiger partial charge in [-0.3, -0.25) is 9.59 Å². The van der Waals surface area contributed by atoms with Crippen LogP contribution in [-0.2, 0) is 16.1 Å². The molecular formula is C16H18N2O2. The predicted molar refractivity (Wildman–Crippen MR) is 76.5 cm³/mol. The molecule has 4 nitrogen and oxygen atoms in total. The lowest BCUT2D eigenvalue weighted by atomic mass is 10.0. The van der Waals surface area contributed by atoms with E-state index in [1.54, 1.807) is 11.8 Å². The zero-order chi connectivity index (χ0) is 14.4. The van der Waals surface area contributed by atoms with Gasteiger partial charge in [0.15, 0.2) is 0 Å². The standard InChI is InChI=1S/C16H18N2O2/c1-2-7-15(19)17-14-10-6-11-18(16(14)20)12-13-8-4-3-5-9-13/h3-5,8-9,14H,6,10-12H2,1H3,(H,17,19). The van der Waals surface area contributed by atoms with Crippen LogP contribution in [0.15, 0.2) is 30.3 Å². The molecule has 1 atom stereocenters. The first-order valence-electron chi connectivity index (χ1n) is 6.76. The maximum Gasteiger partial charge on any atom is 0.296 e. The van der Waals surface area contributed by atoms with E-state index >= 15 is 0 Å². The van der Waals surface area contributed by atoms with Crippen molar-refractivity contribution in [3.05, 3.63) is 35.9 Å². The van der Waals surface area contributed by atoms with Crippen LogP contribution in [0.4, 0.5) is 0 Å². The molecule has 0 aromatic heterocycles. The maximum absolute atomic E-state index is 12.3. The van der Waals surface area contributed by atoms with Gasteiger partial charge in [0.25, 0.3) is 5.91 Å². The largest absolute Gasteiger partial charge is 0.337 e. The van der Waals surface area contributed by atoms with Gasteiger partial charge in [0.05, 0.1) is 0 Å². The van der Waals surface area contributed by atoms with Gasteiger partial charge in [0.2, 0.25) is 5.91 Å². The molecule has 0 spiro atoms. The van der Waals surface area contributed by atoms with Crippen LogP contribution in [-0.4, -0.2) is 29.3 Å². The van der Waals surface area contributed by atoms with Gasteiger partial charge in [0.1, 0.15) is 6.04 Å². The third-order valence-corrected chi connectivity index (χ3v) is 3.29. The van der Waals surface area contributed by atoms with Crippen LogP contribution in [0.25, 0.3) is 0 Å². The first kappa shape index (κ1) is 14.1. The molecule has 2 rings (SSSR count). The molecule has 0 bridgehead atoms. The zero-order valence-electron chi connectivity index (χ0n) is 11.6. The molecule has 20 heavy (non-hydrogen) atoms. The molecule has 1 saturated heterocycles. The minimum atomic E-state index is -0.444. The third kappa shape index (κ3) is 3.61. The summed E-state index contributed by atoms with van der Waals surface area (Å²) in [5.41, 5.74) is 1.10. The second-order valence-electron chi connectivity index (χ2n) is 4.79. The summed E-state index contributed by atoms with van der Waals surface area (Å²) >= 11 is 0. The van der Waals surface area contributed by atoms with E-state index in [0.717, 1.165) is 18.5 Å². The van der Waals surface area contributed by atoms with E-state index in [0.29, 0.717) is 13.0 Å². The first-order valence-corrected chi connectivity index (χ1v) is 6.76. The lowest BCUT2D eigenvalue weighted by Gasteiger charge is -2.32. The number of carbonyl (C=O) groups is 2. The molecule has 104 valence electrons. The Hall–Kier alpha value is -2.28. The van der Waals surface area contributed by atoms with Crippen molar-refractivity contribution in [3.8, 4) is 11.8 Å². The van der Waals surface area contributed by atoms with E-state index in [9.17, 15) is 9.59 Å². The number of amides is 2. The summed E-state index contributed by atoms with van der Waals surface area (Å²) in [6.45, 7) is 2.93. The van der Waals surface area contributed by atoms with Crippen molar-refractivity contribution in [3.63, 3.8) is 0 Å². The second kappa shape index (κ2) is 6.76. The van der Waals surface area contributed by atoms with E-state index < -0.39 is 6.04 Å². The molecule has 1 fully saturated rings. The fourth-order valence-electron chi connectivity index (χ4n) is 2.34. The Kier molecular flexibility index (Phi) is 4.78. The van der Waals surface area contributed by atoms with Gasteiger partial charge in [-0.15, -0.1) is 0 Å². The molecule has 1 N–H and O–H groups in total. The topological polar surface area (TPSA) is 49.4 Å². The van der Waals surface area contributed by atoms with Crippen molar-refractivity contribution in [1.82, 2.24) is 10.2 Å². The Bertz CT molecular complexity index is 543. The molecule has 1 aliphatic rings. The number of benzene rings is 1. The molecule has 0 saturated carbocycles. The molecular weight excluding hydrogens is 252 g/mol. The van der Waals surface area contributed by atoms with Gasteiger partial charge < -0.3 is 10.2 Å². The van der Waals surface area contributed by atoms with Gasteiger partial charge in [-0.05, 0) is 31.2 Å². The average molecular weight is 270 g/mol. The quantitative estimate of drug-likeness (QED) is 0.842. The summed E-state index contributed by atoms with van der Waals surface area (Å²) in [5.74, 6) is 4.54. The Morgan fingerprint density at radius 2 is 2.15 bits per heavy atom. The summed E-state index contributed by atoms with van der Waals surface area (Å²) in [4.78, 5) is 25.6. The van der Waals surface area contributed by atoms with Crippen LogP contribution in [0, 0.1) is 11.8 Å². The first-order chi connectivity index (χ1) is 9.70. The van der Waals surface area contributed by atoms with Gasteiger partial charge in [-0.25, -0.2) is 0 Å². The van der Waals surface area contributed by atoms with Crippen LogP contribution >= 0.6 is 0 Å². The van der Waals surface area contributed by atoms with Crippen molar-refractivity contribution in [1.29, 1.82) is 0 Å². The van der Waals surface area contributed by atoms with Gasteiger partial charge in [-0.2, -0.15) is 0 Å². The molecule has 0 aliphatic carbocycles. The minimum absolute atomic E-state index is 0.0219. The smallest absolute Gasteiger partial charge is 0.296 e. The monoisotopic (exact) mass is 270 g/mol. The van der Waals surface area contributed by atoms with E-state index in [1.165, 1.54) is 0 Å². The van der Waals surface area contributed by atoms with Crippen molar-refractivity contribution >= 4 is 11.8 Å². The van der Waals surface area contributed by atoms with Crippen LogP contribution in [0.5, 0.6) is 0 Å². The highest BCUT2D eigenvalue weighted by Crippen LogP contribution is 2.15. The highest BCUT2D eigenvalue weighted by molar-refractivity contribution is 5.97. The summed E-state index contributed by atoms with van der Waals surface area (Å²) < 4.78 is 0. The van der Waals surface area contributed by atoms with Gasteiger partial charge in [0, 0.05) is 13.1 Å². The van der Waals surface area contributed by atoms with E-state index in [4.69, 9.17) is 0 Å². The highest BCUT2D eigenvalue weighted by atomic mass is 16.2. The molecule has 2 amide bonds. The Morgan fingerprint density at radius 3 is 2.85 bits per heavy atom. The molecule has 1 heterocycles. The molecule has 1 aromatic rings. The SMILES string of the molecule is CC#CC(=O)NC1CCCN(Cc2ccccc2)C1=O. The Labute approximate surface area is 119 Å². The van der Waals surface area contributed by atoms with Crippen molar-refractivity contribution in [2.45, 2.75) is 32.4 Å². The summed E-state index contributed by atoms with van der Waals surface area (Å²) in [7, 11) is 0.